The number of urea groups is 1. The number of carbonyl (C=O) groups excluding carboxylic acids is 1. The third kappa shape index (κ3) is 3.45. The molecule has 19 heavy (non-hydrogen) atoms. The third-order valence-electron chi connectivity index (χ3n) is 2.92. The topological polar surface area (TPSA) is 87.3 Å². The zero-order valence-electron chi connectivity index (χ0n) is 10.9. The van der Waals surface area contributed by atoms with Crippen LogP contribution >= 0.6 is 0 Å². The molecule has 1 aliphatic carbocycles. The van der Waals surface area contributed by atoms with Gasteiger partial charge in [0.2, 0.25) is 10.0 Å². The molecule has 0 bridgehead atoms. The molecule has 0 aromatic heterocycles. The van der Waals surface area contributed by atoms with Crippen molar-refractivity contribution in [2.24, 2.45) is 0 Å². The Bertz CT molecular complexity index is 594. The lowest BCUT2D eigenvalue weighted by molar-refractivity contribution is 0.251. The van der Waals surface area contributed by atoms with Crippen molar-refractivity contribution in [2.75, 3.05) is 12.4 Å². The smallest absolute Gasteiger partial charge is 0.319 e. The minimum absolute atomic E-state index is 0.166. The maximum atomic E-state index is 11.8. The average molecular weight is 283 g/mol. The van der Waals surface area contributed by atoms with Gasteiger partial charge in [0.1, 0.15) is 0 Å². The van der Waals surface area contributed by atoms with Gasteiger partial charge in [-0.3, -0.25) is 0 Å². The minimum Gasteiger partial charge on any atom is -0.335 e. The van der Waals surface area contributed by atoms with E-state index in [2.05, 4.69) is 15.4 Å². The van der Waals surface area contributed by atoms with Gasteiger partial charge in [-0.05, 0) is 44.5 Å². The Morgan fingerprint density at radius 2 is 2.00 bits per heavy atom. The summed E-state index contributed by atoms with van der Waals surface area (Å²) in [6.07, 6.45) is 2.00. The zero-order valence-corrected chi connectivity index (χ0v) is 11.7. The highest BCUT2D eigenvalue weighted by Gasteiger charge is 2.23. The largest absolute Gasteiger partial charge is 0.335 e. The van der Waals surface area contributed by atoms with Crippen LogP contribution in [0.25, 0.3) is 0 Å². The summed E-state index contributed by atoms with van der Waals surface area (Å²) in [4.78, 5) is 11.8. The van der Waals surface area contributed by atoms with Crippen LogP contribution in [0.3, 0.4) is 0 Å². The first kappa shape index (κ1) is 13.8. The Hall–Kier alpha value is -1.60. The van der Waals surface area contributed by atoms with Crippen LogP contribution in [-0.2, 0) is 10.0 Å². The van der Waals surface area contributed by atoms with Crippen molar-refractivity contribution in [1.29, 1.82) is 0 Å². The molecule has 1 aromatic carbocycles. The quantitative estimate of drug-likeness (QED) is 0.775. The molecule has 0 atom stereocenters. The third-order valence-corrected chi connectivity index (χ3v) is 4.47. The predicted octanol–water partition coefficient (Wildman–Crippen LogP) is 1.19. The van der Waals surface area contributed by atoms with E-state index in [1.807, 2.05) is 0 Å². The molecule has 104 valence electrons. The highest BCUT2D eigenvalue weighted by molar-refractivity contribution is 7.89. The van der Waals surface area contributed by atoms with Crippen LogP contribution < -0.4 is 15.4 Å². The Balaban J connectivity index is 2.18. The van der Waals surface area contributed by atoms with Gasteiger partial charge >= 0.3 is 6.03 Å². The zero-order chi connectivity index (χ0) is 14.0. The highest BCUT2D eigenvalue weighted by atomic mass is 32.2. The van der Waals surface area contributed by atoms with E-state index in [1.54, 1.807) is 19.1 Å². The van der Waals surface area contributed by atoms with E-state index < -0.39 is 10.0 Å². The molecule has 2 rings (SSSR count). The number of amides is 2. The van der Waals surface area contributed by atoms with Gasteiger partial charge in [-0.15, -0.1) is 0 Å². The number of benzene rings is 1. The summed E-state index contributed by atoms with van der Waals surface area (Å²) < 4.78 is 25.9. The highest BCUT2D eigenvalue weighted by Crippen LogP contribution is 2.21. The monoisotopic (exact) mass is 283 g/mol. The van der Waals surface area contributed by atoms with Crippen molar-refractivity contribution in [3.8, 4) is 0 Å². The fraction of sp³-hybridized carbons (Fsp3) is 0.417. The van der Waals surface area contributed by atoms with E-state index in [1.165, 1.54) is 13.1 Å². The van der Waals surface area contributed by atoms with Crippen LogP contribution in [0.5, 0.6) is 0 Å². The second-order valence-electron chi connectivity index (χ2n) is 4.56. The van der Waals surface area contributed by atoms with Gasteiger partial charge in [0.25, 0.3) is 0 Å². The summed E-state index contributed by atoms with van der Waals surface area (Å²) in [7, 11) is -2.16. The predicted molar refractivity (Wildman–Crippen MR) is 72.6 cm³/mol. The Labute approximate surface area is 112 Å². The Morgan fingerprint density at radius 3 is 2.58 bits per heavy atom. The second kappa shape index (κ2) is 5.18. The summed E-state index contributed by atoms with van der Waals surface area (Å²) in [5, 5.41) is 5.41. The molecule has 2 amide bonds. The van der Waals surface area contributed by atoms with Crippen molar-refractivity contribution >= 4 is 21.7 Å². The lowest BCUT2D eigenvalue weighted by Gasteiger charge is -2.10. The minimum atomic E-state index is -3.52. The van der Waals surface area contributed by atoms with E-state index in [0.717, 1.165) is 12.8 Å². The molecular formula is C12H17N3O3S. The van der Waals surface area contributed by atoms with E-state index in [-0.39, 0.29) is 17.0 Å². The Kier molecular flexibility index (Phi) is 3.77. The number of nitrogens with one attached hydrogen (secondary N) is 3. The number of sulfonamides is 1. The molecule has 0 saturated heterocycles. The summed E-state index contributed by atoms with van der Waals surface area (Å²) in [5.41, 5.74) is 1.08. The summed E-state index contributed by atoms with van der Waals surface area (Å²) >= 11 is 0. The average Bonchev–Trinajstić information content (AvgIpc) is 3.15. The summed E-state index contributed by atoms with van der Waals surface area (Å²) in [5.74, 6) is 0. The number of hydrogen-bond donors (Lipinski definition) is 3. The summed E-state index contributed by atoms with van der Waals surface area (Å²) in [6.45, 7) is 1.71. The molecule has 1 saturated carbocycles. The molecule has 3 N–H and O–H groups in total. The second-order valence-corrected chi connectivity index (χ2v) is 6.42. The van der Waals surface area contributed by atoms with Gasteiger partial charge in [-0.25, -0.2) is 17.9 Å². The van der Waals surface area contributed by atoms with Gasteiger partial charge in [0.15, 0.2) is 0 Å². The maximum absolute atomic E-state index is 11.8. The molecule has 0 aliphatic heterocycles. The van der Waals surface area contributed by atoms with Crippen LogP contribution in [0, 0.1) is 6.92 Å². The fourth-order valence-electron chi connectivity index (χ4n) is 1.66. The number of aryl methyl sites for hydroxylation is 1. The van der Waals surface area contributed by atoms with Crippen LogP contribution in [0.15, 0.2) is 23.1 Å². The van der Waals surface area contributed by atoms with E-state index in [4.69, 9.17) is 0 Å². The molecule has 0 radical (unpaired) electrons. The molecule has 1 fully saturated rings. The van der Waals surface area contributed by atoms with E-state index in [9.17, 15) is 13.2 Å². The van der Waals surface area contributed by atoms with Crippen molar-refractivity contribution in [2.45, 2.75) is 30.7 Å². The Morgan fingerprint density at radius 1 is 1.32 bits per heavy atom. The van der Waals surface area contributed by atoms with Crippen LogP contribution in [0.1, 0.15) is 18.4 Å². The molecule has 0 heterocycles. The number of carbonyl (C=O) groups is 1. The molecule has 0 unspecified atom stereocenters. The van der Waals surface area contributed by atoms with Crippen LogP contribution in [-0.4, -0.2) is 27.5 Å². The van der Waals surface area contributed by atoms with Gasteiger partial charge in [-0.2, -0.15) is 0 Å². The first-order valence-corrected chi connectivity index (χ1v) is 7.52. The van der Waals surface area contributed by atoms with Crippen molar-refractivity contribution in [3.05, 3.63) is 23.8 Å². The molecule has 0 spiro atoms. The lowest BCUT2D eigenvalue weighted by atomic mass is 10.2. The molecule has 1 aliphatic rings. The standard InChI is InChI=1S/C12H17N3O3S/c1-8-3-4-10(7-11(8)19(17,18)13-2)15-12(16)14-9-5-6-9/h3-4,7,9,13H,5-6H2,1-2H3,(H2,14,15,16). The number of rotatable bonds is 4. The van der Waals surface area contributed by atoms with Gasteiger partial charge in [0.05, 0.1) is 4.90 Å². The van der Waals surface area contributed by atoms with Crippen molar-refractivity contribution in [3.63, 3.8) is 0 Å². The molecular weight excluding hydrogens is 266 g/mol. The van der Waals surface area contributed by atoms with Crippen molar-refractivity contribution < 1.29 is 13.2 Å². The molecule has 6 nitrogen and oxygen atoms in total. The van der Waals surface area contributed by atoms with Crippen molar-refractivity contribution in [1.82, 2.24) is 10.0 Å². The van der Waals surface area contributed by atoms with Gasteiger partial charge in [0, 0.05) is 11.7 Å². The first-order valence-electron chi connectivity index (χ1n) is 6.04. The fourth-order valence-corrected chi connectivity index (χ4v) is 2.65. The van der Waals surface area contributed by atoms with Gasteiger partial charge in [-0.1, -0.05) is 6.07 Å². The maximum Gasteiger partial charge on any atom is 0.319 e. The molecule has 1 aromatic rings. The van der Waals surface area contributed by atoms with E-state index >= 15 is 0 Å². The first-order chi connectivity index (χ1) is 8.92. The lowest BCUT2D eigenvalue weighted by Crippen LogP contribution is -2.30. The number of anilines is 1. The van der Waals surface area contributed by atoms with Crippen LogP contribution in [0.2, 0.25) is 0 Å². The van der Waals surface area contributed by atoms with Crippen LogP contribution in [0.4, 0.5) is 10.5 Å². The van der Waals surface area contributed by atoms with Gasteiger partial charge < -0.3 is 10.6 Å². The van der Waals surface area contributed by atoms with E-state index in [0.29, 0.717) is 11.3 Å². The SMILES string of the molecule is CNS(=O)(=O)c1cc(NC(=O)NC2CC2)ccc1C. The molecule has 7 heteroatoms. The summed E-state index contributed by atoms with van der Waals surface area (Å²) in [6, 6.07) is 4.74. The number of hydrogen-bond acceptors (Lipinski definition) is 3. The normalized spacial score (nSPS) is 15.1.